The highest BCUT2D eigenvalue weighted by Crippen LogP contribution is 2.42. The van der Waals surface area contributed by atoms with Crippen LogP contribution in [0.15, 0.2) is 29.2 Å². The van der Waals surface area contributed by atoms with Crippen LogP contribution >= 0.6 is 0 Å². The van der Waals surface area contributed by atoms with Crippen molar-refractivity contribution in [3.63, 3.8) is 0 Å². The highest BCUT2D eigenvalue weighted by Gasteiger charge is 2.51. The van der Waals surface area contributed by atoms with Crippen molar-refractivity contribution in [3.8, 4) is 0 Å². The molecule has 0 amide bonds. The molecule has 1 aromatic rings. The maximum absolute atomic E-state index is 13.0. The number of carbonyl (C=O) groups is 1. The molecule has 1 N–H and O–H groups in total. The lowest BCUT2D eigenvalue weighted by molar-refractivity contribution is -0.141. The number of carboxylic acids is 1. The second kappa shape index (κ2) is 5.62. The summed E-state index contributed by atoms with van der Waals surface area (Å²) >= 11 is 0. The van der Waals surface area contributed by atoms with Crippen molar-refractivity contribution in [1.82, 2.24) is 4.31 Å². The SMILES string of the molecule is O=C(O)C1CC2CCCCC2N1S(=O)(=O)c1ccc(F)cc1. The number of halogens is 1. The van der Waals surface area contributed by atoms with E-state index in [0.29, 0.717) is 12.8 Å². The molecule has 3 rings (SSSR count). The summed E-state index contributed by atoms with van der Waals surface area (Å²) in [5.41, 5.74) is 0. The number of hydrogen-bond donors (Lipinski definition) is 1. The summed E-state index contributed by atoms with van der Waals surface area (Å²) in [7, 11) is -3.93. The van der Waals surface area contributed by atoms with Crippen molar-refractivity contribution < 1.29 is 22.7 Å². The number of carboxylic acid groups (broad SMARTS) is 1. The number of hydrogen-bond acceptors (Lipinski definition) is 3. The lowest BCUT2D eigenvalue weighted by Crippen LogP contribution is -2.46. The molecule has 1 heterocycles. The van der Waals surface area contributed by atoms with E-state index in [4.69, 9.17) is 0 Å². The topological polar surface area (TPSA) is 74.7 Å². The molecule has 3 unspecified atom stereocenters. The van der Waals surface area contributed by atoms with Gasteiger partial charge < -0.3 is 5.11 Å². The van der Waals surface area contributed by atoms with Crippen LogP contribution in [-0.4, -0.2) is 35.9 Å². The van der Waals surface area contributed by atoms with Gasteiger partial charge in [0, 0.05) is 6.04 Å². The minimum Gasteiger partial charge on any atom is -0.480 e. The fraction of sp³-hybridized carbons (Fsp3) is 0.533. The monoisotopic (exact) mass is 327 g/mol. The van der Waals surface area contributed by atoms with Gasteiger partial charge in [0.15, 0.2) is 0 Å². The van der Waals surface area contributed by atoms with E-state index in [-0.39, 0.29) is 16.9 Å². The molecule has 3 atom stereocenters. The lowest BCUT2D eigenvalue weighted by atomic mass is 9.85. The van der Waals surface area contributed by atoms with Crippen LogP contribution in [0.5, 0.6) is 0 Å². The Morgan fingerprint density at radius 2 is 1.82 bits per heavy atom. The summed E-state index contributed by atoms with van der Waals surface area (Å²) in [6.45, 7) is 0. The van der Waals surface area contributed by atoms with Gasteiger partial charge in [0.05, 0.1) is 4.90 Å². The number of fused-ring (bicyclic) bond motifs is 1. The predicted molar refractivity (Wildman–Crippen MR) is 77.2 cm³/mol. The molecule has 2 aliphatic rings. The summed E-state index contributed by atoms with van der Waals surface area (Å²) in [4.78, 5) is 11.5. The Kier molecular flexibility index (Phi) is 3.94. The molecule has 2 fully saturated rings. The molecular formula is C15H18FNO4S. The number of aliphatic carboxylic acids is 1. The van der Waals surface area contributed by atoms with E-state index in [1.807, 2.05) is 0 Å². The number of rotatable bonds is 3. The average Bonchev–Trinajstić information content (AvgIpc) is 2.88. The first-order valence-electron chi connectivity index (χ1n) is 7.43. The van der Waals surface area contributed by atoms with Gasteiger partial charge >= 0.3 is 5.97 Å². The Morgan fingerprint density at radius 3 is 2.45 bits per heavy atom. The van der Waals surface area contributed by atoms with Crippen LogP contribution in [0.1, 0.15) is 32.1 Å². The van der Waals surface area contributed by atoms with Gasteiger partial charge in [-0.1, -0.05) is 12.8 Å². The van der Waals surface area contributed by atoms with Crippen molar-refractivity contribution in [2.45, 2.75) is 49.1 Å². The first kappa shape index (κ1) is 15.4. The lowest BCUT2D eigenvalue weighted by Gasteiger charge is -2.32. The molecule has 1 saturated carbocycles. The summed E-state index contributed by atoms with van der Waals surface area (Å²) < 4.78 is 39.9. The standard InChI is InChI=1S/C15H18FNO4S/c16-11-5-7-12(8-6-11)22(20,21)17-13-4-2-1-3-10(13)9-14(17)15(18)19/h5-8,10,13-14H,1-4,9H2,(H,18,19). The molecule has 22 heavy (non-hydrogen) atoms. The van der Waals surface area contributed by atoms with E-state index >= 15 is 0 Å². The van der Waals surface area contributed by atoms with E-state index in [2.05, 4.69) is 0 Å². The Labute approximate surface area is 128 Å². The highest BCUT2D eigenvalue weighted by molar-refractivity contribution is 7.89. The van der Waals surface area contributed by atoms with Gasteiger partial charge in [0.25, 0.3) is 0 Å². The molecule has 0 radical (unpaired) electrons. The normalized spacial score (nSPS) is 29.2. The zero-order valence-electron chi connectivity index (χ0n) is 12.0. The molecule has 7 heteroatoms. The van der Waals surface area contributed by atoms with Gasteiger partial charge in [-0.05, 0) is 49.4 Å². The Bertz CT molecular complexity index is 673. The van der Waals surface area contributed by atoms with Crippen LogP contribution in [0.2, 0.25) is 0 Å². The molecule has 5 nitrogen and oxygen atoms in total. The summed E-state index contributed by atoms with van der Waals surface area (Å²) in [5, 5.41) is 9.42. The van der Waals surface area contributed by atoms with Crippen LogP contribution in [0.25, 0.3) is 0 Å². The third-order valence-corrected chi connectivity index (χ3v) is 6.65. The summed E-state index contributed by atoms with van der Waals surface area (Å²) in [5.74, 6) is -1.53. The van der Waals surface area contributed by atoms with Crippen LogP contribution in [0, 0.1) is 11.7 Å². The number of sulfonamides is 1. The molecule has 0 spiro atoms. The second-order valence-electron chi connectivity index (χ2n) is 5.99. The fourth-order valence-corrected chi connectivity index (χ4v) is 5.57. The molecular weight excluding hydrogens is 309 g/mol. The van der Waals surface area contributed by atoms with Gasteiger partial charge in [-0.15, -0.1) is 0 Å². The Hall–Kier alpha value is -1.47. The van der Waals surface area contributed by atoms with Crippen molar-refractivity contribution in [1.29, 1.82) is 0 Å². The van der Waals surface area contributed by atoms with Crippen LogP contribution in [0.3, 0.4) is 0 Å². The van der Waals surface area contributed by atoms with E-state index in [1.54, 1.807) is 0 Å². The van der Waals surface area contributed by atoms with Gasteiger partial charge in [0.1, 0.15) is 11.9 Å². The van der Waals surface area contributed by atoms with Crippen LogP contribution < -0.4 is 0 Å². The van der Waals surface area contributed by atoms with E-state index < -0.39 is 27.9 Å². The van der Waals surface area contributed by atoms with Crippen molar-refractivity contribution in [2.24, 2.45) is 5.92 Å². The number of nitrogens with zero attached hydrogens (tertiary/aromatic N) is 1. The molecule has 1 aromatic carbocycles. The van der Waals surface area contributed by atoms with Crippen molar-refractivity contribution >= 4 is 16.0 Å². The largest absolute Gasteiger partial charge is 0.480 e. The van der Waals surface area contributed by atoms with E-state index in [1.165, 1.54) is 12.1 Å². The van der Waals surface area contributed by atoms with Crippen LogP contribution in [0.4, 0.5) is 4.39 Å². The Morgan fingerprint density at radius 1 is 1.18 bits per heavy atom. The maximum atomic E-state index is 13.0. The smallest absolute Gasteiger partial charge is 0.322 e. The maximum Gasteiger partial charge on any atom is 0.322 e. The summed E-state index contributed by atoms with van der Waals surface area (Å²) in [6, 6.07) is 3.27. The molecule has 1 aliphatic carbocycles. The van der Waals surface area contributed by atoms with Crippen molar-refractivity contribution in [3.05, 3.63) is 30.1 Å². The minimum absolute atomic E-state index is 0.0497. The second-order valence-corrected chi connectivity index (χ2v) is 7.83. The zero-order valence-corrected chi connectivity index (χ0v) is 12.8. The minimum atomic E-state index is -3.93. The predicted octanol–water partition coefficient (Wildman–Crippen LogP) is 2.23. The molecule has 120 valence electrons. The van der Waals surface area contributed by atoms with Gasteiger partial charge in [-0.2, -0.15) is 4.31 Å². The fourth-order valence-electron chi connectivity index (χ4n) is 3.70. The molecule has 0 aromatic heterocycles. The quantitative estimate of drug-likeness (QED) is 0.924. The van der Waals surface area contributed by atoms with Gasteiger partial charge in [-0.3, -0.25) is 4.79 Å². The number of benzene rings is 1. The van der Waals surface area contributed by atoms with Gasteiger partial charge in [-0.25, -0.2) is 12.8 Å². The van der Waals surface area contributed by atoms with Gasteiger partial charge in [0.2, 0.25) is 10.0 Å². The average molecular weight is 327 g/mol. The van der Waals surface area contributed by atoms with Crippen molar-refractivity contribution in [2.75, 3.05) is 0 Å². The molecule has 1 aliphatic heterocycles. The van der Waals surface area contributed by atoms with Crippen LogP contribution in [-0.2, 0) is 14.8 Å². The third kappa shape index (κ3) is 2.52. The van der Waals surface area contributed by atoms with E-state index in [0.717, 1.165) is 35.7 Å². The first-order chi connectivity index (χ1) is 10.4. The highest BCUT2D eigenvalue weighted by atomic mass is 32.2. The third-order valence-electron chi connectivity index (χ3n) is 4.70. The summed E-state index contributed by atoms with van der Waals surface area (Å²) in [6.07, 6.45) is 3.83. The Balaban J connectivity index is 2.01. The van der Waals surface area contributed by atoms with E-state index in [9.17, 15) is 22.7 Å². The molecule has 1 saturated heterocycles. The first-order valence-corrected chi connectivity index (χ1v) is 8.87. The molecule has 0 bridgehead atoms. The zero-order chi connectivity index (χ0) is 15.9.